The molecule has 0 bridgehead atoms. The first-order valence-electron chi connectivity index (χ1n) is 8.96. The largest absolute Gasteiger partial charge is 0.419 e. The van der Waals surface area contributed by atoms with Crippen molar-refractivity contribution in [3.05, 3.63) is 71.0 Å². The smallest absolute Gasteiger partial charge is 0.363 e. The van der Waals surface area contributed by atoms with E-state index in [1.165, 1.54) is 35.2 Å². The highest BCUT2D eigenvalue weighted by Gasteiger charge is 2.30. The first-order chi connectivity index (χ1) is 13.9. The number of ether oxygens (including phenoxy) is 1. The molecule has 1 aliphatic heterocycles. The molecular weight excluding hydrogens is 409 g/mol. The summed E-state index contributed by atoms with van der Waals surface area (Å²) in [5.41, 5.74) is 7.08. The minimum Gasteiger partial charge on any atom is -0.419 e. The van der Waals surface area contributed by atoms with Crippen LogP contribution in [0.1, 0.15) is 29.4 Å². The van der Waals surface area contributed by atoms with E-state index in [1.54, 1.807) is 11.4 Å². The molecule has 29 heavy (non-hydrogen) atoms. The summed E-state index contributed by atoms with van der Waals surface area (Å²) in [5, 5.41) is 2.80. The Kier molecular flexibility index (Phi) is 5.38. The lowest BCUT2D eigenvalue weighted by Crippen LogP contribution is -2.28. The zero-order valence-electron chi connectivity index (χ0n) is 15.6. The fraction of sp³-hybridized carbons (Fsp3) is 0.190. The van der Waals surface area contributed by atoms with Crippen LogP contribution in [0, 0.1) is 5.82 Å². The van der Waals surface area contributed by atoms with Crippen LogP contribution < -0.4 is 10.5 Å². The van der Waals surface area contributed by atoms with Crippen LogP contribution in [0.3, 0.4) is 0 Å². The number of nitrogens with zero attached hydrogens (tertiary/aromatic N) is 2. The molecule has 8 heteroatoms. The van der Waals surface area contributed by atoms with Gasteiger partial charge in [0.2, 0.25) is 0 Å². The number of carbonyl (C=O) groups is 1. The molecular formula is C21H18FN3O2S2. The highest BCUT2D eigenvalue weighted by Crippen LogP contribution is 2.37. The fourth-order valence-corrected chi connectivity index (χ4v) is 4.81. The lowest BCUT2D eigenvalue weighted by atomic mass is 9.89. The molecule has 4 rings (SSSR count). The van der Waals surface area contributed by atoms with Gasteiger partial charge in [-0.25, -0.2) is 14.2 Å². The molecule has 3 aromatic rings. The van der Waals surface area contributed by atoms with Crippen molar-refractivity contribution in [1.29, 1.82) is 0 Å². The Morgan fingerprint density at radius 1 is 1.24 bits per heavy atom. The molecule has 2 N–H and O–H groups in total. The van der Waals surface area contributed by atoms with Crippen molar-refractivity contribution >= 4 is 34.2 Å². The van der Waals surface area contributed by atoms with E-state index in [1.807, 2.05) is 37.3 Å². The quantitative estimate of drug-likeness (QED) is 0.476. The third-order valence-electron chi connectivity index (χ3n) is 4.69. The summed E-state index contributed by atoms with van der Waals surface area (Å²) in [4.78, 5) is 21.4. The number of halogens is 1. The van der Waals surface area contributed by atoms with Gasteiger partial charge >= 0.3 is 5.97 Å². The number of esters is 1. The standard InChI is InChI=1S/C21H18FN3O2S2/c1-21(9-10-28-20(23)25-21)14-7-8-15(22)17(11-14)27-19(26)16-12-29-18(24-16)13-5-3-2-4-6-13/h2-8,11-12H,9-10H2,1H3,(H2,23,25). The van der Waals surface area contributed by atoms with E-state index in [2.05, 4.69) is 9.98 Å². The molecule has 0 spiro atoms. The first-order valence-corrected chi connectivity index (χ1v) is 10.8. The number of hydrogen-bond donors (Lipinski definition) is 1. The second kappa shape index (κ2) is 7.96. The molecule has 0 aliphatic carbocycles. The third-order valence-corrected chi connectivity index (χ3v) is 6.37. The van der Waals surface area contributed by atoms with E-state index in [-0.39, 0.29) is 11.4 Å². The van der Waals surface area contributed by atoms with Crippen molar-refractivity contribution in [3.8, 4) is 16.3 Å². The zero-order chi connectivity index (χ0) is 20.4. The Morgan fingerprint density at radius 3 is 2.79 bits per heavy atom. The molecule has 0 saturated heterocycles. The van der Waals surface area contributed by atoms with E-state index in [4.69, 9.17) is 10.5 Å². The number of hydrogen-bond acceptors (Lipinski definition) is 7. The van der Waals surface area contributed by atoms with Gasteiger partial charge in [0.25, 0.3) is 0 Å². The Balaban J connectivity index is 1.57. The number of rotatable bonds is 4. The van der Waals surface area contributed by atoms with E-state index < -0.39 is 17.3 Å². The fourth-order valence-electron chi connectivity index (χ4n) is 3.04. The number of amidine groups is 1. The monoisotopic (exact) mass is 427 g/mol. The summed E-state index contributed by atoms with van der Waals surface area (Å²) in [6, 6.07) is 14.0. The van der Waals surface area contributed by atoms with Gasteiger partial charge in [-0.1, -0.05) is 48.2 Å². The number of thioether (sulfide) groups is 1. The third kappa shape index (κ3) is 4.18. The lowest BCUT2D eigenvalue weighted by molar-refractivity contribution is 0.0722. The van der Waals surface area contributed by atoms with Gasteiger partial charge in [0.05, 0.1) is 5.54 Å². The van der Waals surface area contributed by atoms with E-state index in [0.717, 1.165) is 23.3 Å². The maximum atomic E-state index is 14.3. The van der Waals surface area contributed by atoms with Crippen LogP contribution in [-0.2, 0) is 5.54 Å². The lowest BCUT2D eigenvalue weighted by Gasteiger charge is -2.30. The molecule has 1 atom stereocenters. The molecule has 0 radical (unpaired) electrons. The average Bonchev–Trinajstić information content (AvgIpc) is 3.20. The predicted octanol–water partition coefficient (Wildman–Crippen LogP) is 4.84. The van der Waals surface area contributed by atoms with Gasteiger partial charge in [0, 0.05) is 16.7 Å². The van der Waals surface area contributed by atoms with Gasteiger partial charge in [-0.05, 0) is 31.0 Å². The van der Waals surface area contributed by atoms with Crippen molar-refractivity contribution in [2.75, 3.05) is 5.75 Å². The second-order valence-electron chi connectivity index (χ2n) is 6.76. The molecule has 0 fully saturated rings. The van der Waals surface area contributed by atoms with E-state index in [0.29, 0.717) is 10.2 Å². The summed E-state index contributed by atoms with van der Waals surface area (Å²) < 4.78 is 19.7. The Morgan fingerprint density at radius 2 is 2.03 bits per heavy atom. The minimum atomic E-state index is -0.702. The number of nitrogens with two attached hydrogens (primary N) is 1. The van der Waals surface area contributed by atoms with Gasteiger partial charge in [0.15, 0.2) is 22.4 Å². The number of carbonyl (C=O) groups excluding carboxylic acids is 1. The zero-order valence-corrected chi connectivity index (χ0v) is 17.2. The molecule has 0 amide bonds. The predicted molar refractivity (Wildman–Crippen MR) is 115 cm³/mol. The Labute approximate surface area is 175 Å². The molecule has 1 aromatic heterocycles. The van der Waals surface area contributed by atoms with Crippen LogP contribution in [0.25, 0.3) is 10.6 Å². The van der Waals surface area contributed by atoms with Crippen molar-refractivity contribution < 1.29 is 13.9 Å². The highest BCUT2D eigenvalue weighted by atomic mass is 32.2. The van der Waals surface area contributed by atoms with Crippen molar-refractivity contribution in [2.45, 2.75) is 18.9 Å². The van der Waals surface area contributed by atoms with Crippen molar-refractivity contribution in [2.24, 2.45) is 10.7 Å². The summed E-state index contributed by atoms with van der Waals surface area (Å²) in [7, 11) is 0. The Bertz CT molecular complexity index is 1080. The second-order valence-corrected chi connectivity index (χ2v) is 8.73. The van der Waals surface area contributed by atoms with Crippen LogP contribution in [-0.4, -0.2) is 21.9 Å². The average molecular weight is 428 g/mol. The van der Waals surface area contributed by atoms with Crippen molar-refractivity contribution in [1.82, 2.24) is 4.98 Å². The molecule has 0 saturated carbocycles. The molecule has 2 heterocycles. The van der Waals surface area contributed by atoms with Crippen LogP contribution in [0.2, 0.25) is 0 Å². The molecule has 1 aliphatic rings. The van der Waals surface area contributed by atoms with Crippen LogP contribution >= 0.6 is 23.1 Å². The number of benzene rings is 2. The molecule has 5 nitrogen and oxygen atoms in total. The molecule has 2 aromatic carbocycles. The summed E-state index contributed by atoms with van der Waals surface area (Å²) in [5.74, 6) is -0.646. The van der Waals surface area contributed by atoms with Crippen LogP contribution in [0.4, 0.5) is 4.39 Å². The Hall–Kier alpha value is -2.71. The van der Waals surface area contributed by atoms with Gasteiger partial charge in [-0.3, -0.25) is 4.99 Å². The van der Waals surface area contributed by atoms with Gasteiger partial charge in [-0.15, -0.1) is 11.3 Å². The van der Waals surface area contributed by atoms with Gasteiger partial charge in [0.1, 0.15) is 5.01 Å². The van der Waals surface area contributed by atoms with Crippen LogP contribution in [0.15, 0.2) is 58.9 Å². The maximum absolute atomic E-state index is 14.3. The normalized spacial score (nSPS) is 18.9. The SMILES string of the molecule is CC1(c2ccc(F)c(OC(=O)c3csc(-c4ccccc4)n3)c2)CCSC(N)=N1. The minimum absolute atomic E-state index is 0.140. The topological polar surface area (TPSA) is 77.6 Å². The molecule has 148 valence electrons. The number of aromatic nitrogens is 1. The van der Waals surface area contributed by atoms with E-state index in [9.17, 15) is 9.18 Å². The summed E-state index contributed by atoms with van der Waals surface area (Å²) in [6.45, 7) is 1.94. The highest BCUT2D eigenvalue weighted by molar-refractivity contribution is 8.13. The maximum Gasteiger partial charge on any atom is 0.363 e. The molecule has 1 unspecified atom stereocenters. The van der Waals surface area contributed by atoms with Gasteiger partial charge < -0.3 is 10.5 Å². The van der Waals surface area contributed by atoms with Crippen molar-refractivity contribution in [3.63, 3.8) is 0 Å². The van der Waals surface area contributed by atoms with Crippen LogP contribution in [0.5, 0.6) is 5.75 Å². The first kappa shape index (κ1) is 19.6. The summed E-state index contributed by atoms with van der Waals surface area (Å²) >= 11 is 2.82. The summed E-state index contributed by atoms with van der Waals surface area (Å²) in [6.07, 6.45) is 0.754. The van der Waals surface area contributed by atoms with E-state index >= 15 is 0 Å². The number of aliphatic imine (C=N–C) groups is 1. The van der Waals surface area contributed by atoms with Gasteiger partial charge in [-0.2, -0.15) is 0 Å². The number of thiazole rings is 1.